The molecule has 1 aromatic heterocycles. The van der Waals surface area contributed by atoms with Gasteiger partial charge in [0.15, 0.2) is 0 Å². The lowest BCUT2D eigenvalue weighted by Gasteiger charge is -2.35. The summed E-state index contributed by atoms with van der Waals surface area (Å²) >= 11 is 0. The molecule has 1 aromatic carbocycles. The molecule has 0 N–H and O–H groups in total. The first-order valence-corrected chi connectivity index (χ1v) is 10.9. The highest BCUT2D eigenvalue weighted by Gasteiger charge is 2.22. The number of hydrogen-bond donors (Lipinski definition) is 0. The zero-order chi connectivity index (χ0) is 21.0. The first-order valence-electron chi connectivity index (χ1n) is 10.9. The van der Waals surface area contributed by atoms with Gasteiger partial charge in [-0.25, -0.2) is 0 Å². The van der Waals surface area contributed by atoms with Crippen LogP contribution in [0.25, 0.3) is 0 Å². The van der Waals surface area contributed by atoms with Crippen LogP contribution in [0.2, 0.25) is 0 Å². The van der Waals surface area contributed by atoms with Crippen LogP contribution in [0.3, 0.4) is 0 Å². The van der Waals surface area contributed by atoms with Crippen LogP contribution >= 0.6 is 0 Å². The van der Waals surface area contributed by atoms with Gasteiger partial charge in [0.2, 0.25) is 5.91 Å². The molecular weight excluding hydrogens is 360 g/mol. The minimum atomic E-state index is 0.274. The standard InChI is InChI=1S/C24H36N4O/c1-18(2)16-28-21(5)23(20(4)25-28)9-10-24(29)27-13-11-26(12-14-27)17-22-8-6-7-19(3)15-22/h6-8,15,18H,9-14,16-17H2,1-5H3. The molecule has 5 nitrogen and oxygen atoms in total. The van der Waals surface area contributed by atoms with Gasteiger partial charge in [0.1, 0.15) is 0 Å². The fraction of sp³-hybridized carbons (Fsp3) is 0.583. The van der Waals surface area contributed by atoms with Gasteiger partial charge < -0.3 is 4.90 Å². The molecule has 0 bridgehead atoms. The second kappa shape index (κ2) is 9.57. The molecule has 1 aliphatic rings. The molecule has 2 heterocycles. The van der Waals surface area contributed by atoms with E-state index in [2.05, 4.69) is 73.6 Å². The Labute approximate surface area is 175 Å². The maximum absolute atomic E-state index is 12.8. The van der Waals surface area contributed by atoms with E-state index < -0.39 is 0 Å². The highest BCUT2D eigenvalue weighted by molar-refractivity contribution is 5.76. The largest absolute Gasteiger partial charge is 0.340 e. The third-order valence-corrected chi connectivity index (χ3v) is 5.87. The number of piperazine rings is 1. The molecular formula is C24H36N4O. The lowest BCUT2D eigenvalue weighted by atomic mass is 10.1. The van der Waals surface area contributed by atoms with Crippen LogP contribution < -0.4 is 0 Å². The second-order valence-electron chi connectivity index (χ2n) is 8.87. The van der Waals surface area contributed by atoms with Gasteiger partial charge in [-0.1, -0.05) is 43.7 Å². The van der Waals surface area contributed by atoms with Crippen molar-refractivity contribution in [1.29, 1.82) is 0 Å². The number of rotatable bonds is 7. The summed E-state index contributed by atoms with van der Waals surface area (Å²) in [6, 6.07) is 8.70. The summed E-state index contributed by atoms with van der Waals surface area (Å²) < 4.78 is 2.10. The van der Waals surface area contributed by atoms with Crippen LogP contribution in [0.5, 0.6) is 0 Å². The Kier molecular flexibility index (Phi) is 7.12. The van der Waals surface area contributed by atoms with Crippen LogP contribution in [-0.4, -0.2) is 51.7 Å². The zero-order valence-corrected chi connectivity index (χ0v) is 18.7. The SMILES string of the molecule is Cc1cccc(CN2CCN(C(=O)CCc3c(C)nn(CC(C)C)c3C)CC2)c1. The van der Waals surface area contributed by atoms with Crippen LogP contribution in [0.15, 0.2) is 24.3 Å². The zero-order valence-electron chi connectivity index (χ0n) is 18.7. The van der Waals surface area contributed by atoms with Crippen molar-refractivity contribution >= 4 is 5.91 Å². The first kappa shape index (κ1) is 21.6. The van der Waals surface area contributed by atoms with E-state index in [4.69, 9.17) is 0 Å². The van der Waals surface area contributed by atoms with E-state index >= 15 is 0 Å². The van der Waals surface area contributed by atoms with E-state index in [1.54, 1.807) is 0 Å². The smallest absolute Gasteiger partial charge is 0.222 e. The first-order chi connectivity index (χ1) is 13.8. The number of carbonyl (C=O) groups excluding carboxylic acids is 1. The van der Waals surface area contributed by atoms with E-state index in [0.717, 1.165) is 51.4 Å². The monoisotopic (exact) mass is 396 g/mol. The molecule has 2 aromatic rings. The average Bonchev–Trinajstić information content (AvgIpc) is 2.93. The van der Waals surface area contributed by atoms with Gasteiger partial charge in [0, 0.05) is 51.4 Å². The normalized spacial score (nSPS) is 15.3. The van der Waals surface area contributed by atoms with E-state index in [-0.39, 0.29) is 5.91 Å². The van der Waals surface area contributed by atoms with Gasteiger partial charge in [-0.05, 0) is 44.2 Å². The van der Waals surface area contributed by atoms with Crippen LogP contribution in [0.4, 0.5) is 0 Å². The number of aryl methyl sites for hydroxylation is 2. The van der Waals surface area contributed by atoms with Crippen molar-refractivity contribution in [3.8, 4) is 0 Å². The summed E-state index contributed by atoms with van der Waals surface area (Å²) in [5.41, 5.74) is 6.19. The third-order valence-electron chi connectivity index (χ3n) is 5.87. The molecule has 0 aliphatic carbocycles. The summed E-state index contributed by atoms with van der Waals surface area (Å²) in [5, 5.41) is 4.68. The number of carbonyl (C=O) groups is 1. The van der Waals surface area contributed by atoms with Gasteiger partial charge >= 0.3 is 0 Å². The molecule has 29 heavy (non-hydrogen) atoms. The molecule has 0 saturated carbocycles. The molecule has 0 radical (unpaired) electrons. The molecule has 1 aliphatic heterocycles. The number of aromatic nitrogens is 2. The molecule has 5 heteroatoms. The fourth-order valence-corrected chi connectivity index (χ4v) is 4.23. The van der Waals surface area contributed by atoms with E-state index in [1.165, 1.54) is 22.4 Å². The maximum atomic E-state index is 12.8. The Hall–Kier alpha value is -2.14. The van der Waals surface area contributed by atoms with Crippen molar-refractivity contribution in [2.45, 2.75) is 60.5 Å². The molecule has 0 unspecified atom stereocenters. The molecule has 1 amide bonds. The predicted octanol–water partition coefficient (Wildman–Crippen LogP) is 3.74. The summed E-state index contributed by atoms with van der Waals surface area (Å²) in [6.45, 7) is 16.2. The number of benzene rings is 1. The van der Waals surface area contributed by atoms with Crippen molar-refractivity contribution in [2.75, 3.05) is 26.2 Å². The van der Waals surface area contributed by atoms with E-state index in [1.807, 2.05) is 4.90 Å². The molecule has 1 fully saturated rings. The van der Waals surface area contributed by atoms with Gasteiger partial charge in [-0.3, -0.25) is 14.4 Å². The Morgan fingerprint density at radius 2 is 1.83 bits per heavy atom. The molecule has 158 valence electrons. The van der Waals surface area contributed by atoms with Crippen molar-refractivity contribution in [3.63, 3.8) is 0 Å². The molecule has 0 atom stereocenters. The minimum absolute atomic E-state index is 0.274. The average molecular weight is 397 g/mol. The van der Waals surface area contributed by atoms with Crippen molar-refractivity contribution < 1.29 is 4.79 Å². The van der Waals surface area contributed by atoms with Crippen molar-refractivity contribution in [2.24, 2.45) is 5.92 Å². The van der Waals surface area contributed by atoms with Crippen LogP contribution in [0.1, 0.15) is 48.3 Å². The van der Waals surface area contributed by atoms with Gasteiger partial charge in [0.05, 0.1) is 5.69 Å². The number of hydrogen-bond acceptors (Lipinski definition) is 3. The lowest BCUT2D eigenvalue weighted by molar-refractivity contribution is -0.133. The van der Waals surface area contributed by atoms with Gasteiger partial charge in [0.25, 0.3) is 0 Å². The Morgan fingerprint density at radius 1 is 1.10 bits per heavy atom. The quantitative estimate of drug-likeness (QED) is 0.716. The predicted molar refractivity (Wildman–Crippen MR) is 118 cm³/mol. The van der Waals surface area contributed by atoms with E-state index in [0.29, 0.717) is 12.3 Å². The topological polar surface area (TPSA) is 41.4 Å². The molecule has 1 saturated heterocycles. The Morgan fingerprint density at radius 3 is 2.48 bits per heavy atom. The highest BCUT2D eigenvalue weighted by atomic mass is 16.2. The Bertz CT molecular complexity index is 831. The molecule has 3 rings (SSSR count). The van der Waals surface area contributed by atoms with Crippen molar-refractivity contribution in [3.05, 3.63) is 52.3 Å². The minimum Gasteiger partial charge on any atom is -0.340 e. The maximum Gasteiger partial charge on any atom is 0.222 e. The summed E-state index contributed by atoms with van der Waals surface area (Å²) in [7, 11) is 0. The van der Waals surface area contributed by atoms with Gasteiger partial charge in [-0.2, -0.15) is 5.10 Å². The summed E-state index contributed by atoms with van der Waals surface area (Å²) in [4.78, 5) is 17.3. The third kappa shape index (κ3) is 5.69. The summed E-state index contributed by atoms with van der Waals surface area (Å²) in [5.74, 6) is 0.842. The fourth-order valence-electron chi connectivity index (χ4n) is 4.23. The number of amides is 1. The van der Waals surface area contributed by atoms with Crippen LogP contribution in [0, 0.1) is 26.7 Å². The molecule has 0 spiro atoms. The van der Waals surface area contributed by atoms with Gasteiger partial charge in [-0.15, -0.1) is 0 Å². The van der Waals surface area contributed by atoms with Crippen LogP contribution in [-0.2, 0) is 24.3 Å². The van der Waals surface area contributed by atoms with E-state index in [9.17, 15) is 4.79 Å². The second-order valence-corrected chi connectivity index (χ2v) is 8.87. The number of nitrogens with zero attached hydrogens (tertiary/aromatic N) is 4. The summed E-state index contributed by atoms with van der Waals surface area (Å²) in [6.07, 6.45) is 1.37. The van der Waals surface area contributed by atoms with Crippen molar-refractivity contribution in [1.82, 2.24) is 19.6 Å². The lowest BCUT2D eigenvalue weighted by Crippen LogP contribution is -2.48. The Balaban J connectivity index is 1.48. The highest BCUT2D eigenvalue weighted by Crippen LogP contribution is 2.18.